The van der Waals surface area contributed by atoms with E-state index in [-0.39, 0.29) is 0 Å². The zero-order valence-electron chi connectivity index (χ0n) is 5.72. The maximum absolute atomic E-state index is 5.57. The number of allylic oxidation sites excluding steroid dienone is 1. The largest absolute Gasteiger partial charge is 0.103 e. The second kappa shape index (κ2) is 3.76. The molecule has 0 aliphatic heterocycles. The first-order valence-electron chi connectivity index (χ1n) is 3.05. The standard InChI is InChI=1S/C7H13B/c1-4-5-6(2)7(3)8/h4,6-7H,1,5H2,2-3H3/t6-,7-/m0/s1. The van der Waals surface area contributed by atoms with Crippen molar-refractivity contribution in [3.8, 4) is 0 Å². The molecule has 0 rings (SSSR count). The fraction of sp³-hybridized carbons (Fsp3) is 0.714. The minimum Gasteiger partial charge on any atom is -0.103 e. The van der Waals surface area contributed by atoms with E-state index < -0.39 is 0 Å². The van der Waals surface area contributed by atoms with Crippen LogP contribution in [0.1, 0.15) is 20.3 Å². The summed E-state index contributed by atoms with van der Waals surface area (Å²) in [5.74, 6) is 0.875. The Morgan fingerprint density at radius 3 is 2.25 bits per heavy atom. The van der Waals surface area contributed by atoms with Gasteiger partial charge in [0.05, 0.1) is 7.85 Å². The molecule has 0 aromatic carbocycles. The quantitative estimate of drug-likeness (QED) is 0.384. The maximum atomic E-state index is 5.57. The molecule has 1 heteroatoms. The molecule has 0 amide bonds. The summed E-state index contributed by atoms with van der Waals surface area (Å²) in [4.78, 5) is 0. The molecule has 2 atom stereocenters. The molecule has 0 aliphatic carbocycles. The van der Waals surface area contributed by atoms with Crippen LogP contribution in [0.2, 0.25) is 5.82 Å². The van der Waals surface area contributed by atoms with Crippen LogP contribution in [0.5, 0.6) is 0 Å². The van der Waals surface area contributed by atoms with Gasteiger partial charge in [-0.25, -0.2) is 0 Å². The third kappa shape index (κ3) is 2.89. The molecule has 0 fully saturated rings. The number of rotatable bonds is 3. The zero-order valence-corrected chi connectivity index (χ0v) is 5.72. The van der Waals surface area contributed by atoms with Gasteiger partial charge in [-0.3, -0.25) is 0 Å². The van der Waals surface area contributed by atoms with E-state index in [2.05, 4.69) is 13.5 Å². The van der Waals surface area contributed by atoms with Crippen molar-refractivity contribution in [1.82, 2.24) is 0 Å². The summed E-state index contributed by atoms with van der Waals surface area (Å²) < 4.78 is 0. The first-order valence-corrected chi connectivity index (χ1v) is 3.05. The molecule has 0 saturated heterocycles. The zero-order chi connectivity index (χ0) is 6.57. The summed E-state index contributed by atoms with van der Waals surface area (Å²) in [5.41, 5.74) is 0. The Bertz CT molecular complexity index is 66.8. The summed E-state index contributed by atoms with van der Waals surface area (Å²) in [7, 11) is 5.57. The highest BCUT2D eigenvalue weighted by Crippen LogP contribution is 2.16. The predicted octanol–water partition coefficient (Wildman–Crippen LogP) is 2.18. The molecule has 44 valence electrons. The summed E-state index contributed by atoms with van der Waals surface area (Å²) >= 11 is 0. The van der Waals surface area contributed by atoms with E-state index in [1.54, 1.807) is 0 Å². The van der Waals surface area contributed by atoms with Gasteiger partial charge in [0.1, 0.15) is 0 Å². The van der Waals surface area contributed by atoms with E-state index in [1.807, 2.05) is 13.0 Å². The van der Waals surface area contributed by atoms with Gasteiger partial charge in [0.25, 0.3) is 0 Å². The van der Waals surface area contributed by atoms with Crippen LogP contribution in [0.25, 0.3) is 0 Å². The van der Waals surface area contributed by atoms with Crippen molar-refractivity contribution in [2.24, 2.45) is 5.92 Å². The van der Waals surface area contributed by atoms with Crippen LogP contribution in [0.4, 0.5) is 0 Å². The molecule has 0 aromatic heterocycles. The smallest absolute Gasteiger partial charge is 0.0699 e. The Kier molecular flexibility index (Phi) is 3.67. The van der Waals surface area contributed by atoms with Crippen LogP contribution in [-0.4, -0.2) is 7.85 Å². The van der Waals surface area contributed by atoms with Crippen molar-refractivity contribution in [1.29, 1.82) is 0 Å². The average molecular weight is 108 g/mol. The van der Waals surface area contributed by atoms with E-state index in [1.165, 1.54) is 0 Å². The van der Waals surface area contributed by atoms with Crippen LogP contribution in [0.3, 0.4) is 0 Å². The van der Waals surface area contributed by atoms with Gasteiger partial charge in [0.2, 0.25) is 0 Å². The van der Waals surface area contributed by atoms with Gasteiger partial charge in [-0.2, -0.15) is 0 Å². The molecule has 2 radical (unpaired) electrons. The molecule has 0 aliphatic rings. The van der Waals surface area contributed by atoms with Crippen molar-refractivity contribution in [3.63, 3.8) is 0 Å². The predicted molar refractivity (Wildman–Crippen MR) is 39.2 cm³/mol. The van der Waals surface area contributed by atoms with Crippen LogP contribution in [0, 0.1) is 5.92 Å². The summed E-state index contributed by atoms with van der Waals surface area (Å²) in [6.07, 6.45) is 2.94. The van der Waals surface area contributed by atoms with Crippen LogP contribution >= 0.6 is 0 Å². The SMILES string of the molecule is [B][C@@H](C)[C@@H](C)CC=C. The van der Waals surface area contributed by atoms with Crippen molar-refractivity contribution in [2.75, 3.05) is 0 Å². The Balaban J connectivity index is 3.30. The van der Waals surface area contributed by atoms with Crippen LogP contribution < -0.4 is 0 Å². The van der Waals surface area contributed by atoms with Gasteiger partial charge < -0.3 is 0 Å². The second-order valence-electron chi connectivity index (χ2n) is 2.36. The lowest BCUT2D eigenvalue weighted by atomic mass is 9.78. The first kappa shape index (κ1) is 7.80. The van der Waals surface area contributed by atoms with Gasteiger partial charge >= 0.3 is 0 Å². The van der Waals surface area contributed by atoms with E-state index >= 15 is 0 Å². The molecule has 0 N–H and O–H groups in total. The third-order valence-electron chi connectivity index (χ3n) is 1.44. The van der Waals surface area contributed by atoms with Crippen molar-refractivity contribution in [3.05, 3.63) is 12.7 Å². The molecule has 0 heterocycles. The lowest BCUT2D eigenvalue weighted by Crippen LogP contribution is -1.99. The molecule has 0 unspecified atom stereocenters. The van der Waals surface area contributed by atoms with E-state index in [0.717, 1.165) is 6.42 Å². The normalized spacial score (nSPS) is 17.2. The number of hydrogen-bond acceptors (Lipinski definition) is 0. The average Bonchev–Trinajstić information content (AvgIpc) is 1.67. The molecular weight excluding hydrogens is 94.9 g/mol. The monoisotopic (exact) mass is 108 g/mol. The second-order valence-corrected chi connectivity index (χ2v) is 2.36. The Hall–Kier alpha value is -0.195. The molecule has 0 bridgehead atoms. The molecular formula is C7H13B. The topological polar surface area (TPSA) is 0 Å². The lowest BCUT2D eigenvalue weighted by molar-refractivity contribution is 0.572. The van der Waals surface area contributed by atoms with Gasteiger partial charge in [-0.1, -0.05) is 25.7 Å². The summed E-state index contributed by atoms with van der Waals surface area (Å²) in [6.45, 7) is 7.78. The van der Waals surface area contributed by atoms with E-state index in [9.17, 15) is 0 Å². The van der Waals surface area contributed by atoms with Crippen molar-refractivity contribution < 1.29 is 0 Å². The molecule has 0 nitrogen and oxygen atoms in total. The highest BCUT2D eigenvalue weighted by molar-refractivity contribution is 6.11. The minimum absolute atomic E-state index is 0.299. The highest BCUT2D eigenvalue weighted by Gasteiger charge is 2.02. The van der Waals surface area contributed by atoms with Gasteiger partial charge in [0, 0.05) is 0 Å². The van der Waals surface area contributed by atoms with Gasteiger partial charge in [-0.05, 0) is 12.3 Å². The number of hydrogen-bond donors (Lipinski definition) is 0. The van der Waals surface area contributed by atoms with Crippen molar-refractivity contribution >= 4 is 7.85 Å². The highest BCUT2D eigenvalue weighted by atomic mass is 14.0. The Morgan fingerprint density at radius 2 is 2.12 bits per heavy atom. The van der Waals surface area contributed by atoms with Gasteiger partial charge in [0.15, 0.2) is 0 Å². The Morgan fingerprint density at radius 1 is 1.62 bits per heavy atom. The Labute approximate surface area is 53.4 Å². The fourth-order valence-corrected chi connectivity index (χ4v) is 0.478. The van der Waals surface area contributed by atoms with Crippen LogP contribution in [-0.2, 0) is 0 Å². The van der Waals surface area contributed by atoms with Crippen LogP contribution in [0.15, 0.2) is 12.7 Å². The molecule has 0 aromatic rings. The van der Waals surface area contributed by atoms with E-state index in [4.69, 9.17) is 7.85 Å². The summed E-state index contributed by atoms with van der Waals surface area (Å²) in [6, 6.07) is 0. The first-order chi connectivity index (χ1) is 3.68. The van der Waals surface area contributed by atoms with E-state index in [0.29, 0.717) is 11.7 Å². The lowest BCUT2D eigenvalue weighted by Gasteiger charge is -2.11. The minimum atomic E-state index is 0.299. The van der Waals surface area contributed by atoms with Gasteiger partial charge in [-0.15, -0.1) is 6.58 Å². The third-order valence-corrected chi connectivity index (χ3v) is 1.44. The molecule has 0 saturated carbocycles. The fourth-order valence-electron chi connectivity index (χ4n) is 0.478. The maximum Gasteiger partial charge on any atom is 0.0699 e. The van der Waals surface area contributed by atoms with Crippen molar-refractivity contribution in [2.45, 2.75) is 26.1 Å². The summed E-state index contributed by atoms with van der Waals surface area (Å²) in [5, 5.41) is 0. The molecule has 8 heavy (non-hydrogen) atoms. The molecule has 0 spiro atoms.